The minimum Gasteiger partial charge on any atom is -0.355 e. The van der Waals surface area contributed by atoms with Gasteiger partial charge in [-0.15, -0.1) is 0 Å². The average Bonchev–Trinajstić information content (AvgIpc) is 2.65. The molecule has 0 fully saturated rings. The zero-order chi connectivity index (χ0) is 19.3. The molecule has 0 saturated heterocycles. The van der Waals surface area contributed by atoms with Crippen LogP contribution in [0.25, 0.3) is 0 Å². The van der Waals surface area contributed by atoms with Crippen molar-refractivity contribution in [2.45, 2.75) is 6.42 Å². The van der Waals surface area contributed by atoms with E-state index in [1.54, 1.807) is 24.3 Å². The van der Waals surface area contributed by atoms with Crippen LogP contribution in [0.1, 0.15) is 5.56 Å². The Kier molecular flexibility index (Phi) is 5.71. The molecule has 4 nitrogen and oxygen atoms in total. The molecule has 3 aromatic carbocycles. The van der Waals surface area contributed by atoms with Crippen molar-refractivity contribution < 1.29 is 17.2 Å². The second-order valence-electron chi connectivity index (χ2n) is 5.99. The molecule has 2 N–H and O–H groups in total. The highest BCUT2D eigenvalue weighted by molar-refractivity contribution is 7.92. The van der Waals surface area contributed by atoms with Crippen LogP contribution in [0.5, 0.6) is 0 Å². The molecule has 140 valence electrons. The average molecular weight is 388 g/mol. The van der Waals surface area contributed by atoms with Gasteiger partial charge >= 0.3 is 0 Å². The summed E-state index contributed by atoms with van der Waals surface area (Å²) in [6.07, 6.45) is 0.423. The van der Waals surface area contributed by atoms with Gasteiger partial charge in [0.05, 0.1) is 5.75 Å². The summed E-state index contributed by atoms with van der Waals surface area (Å²) in [5.74, 6) is -1.88. The van der Waals surface area contributed by atoms with Gasteiger partial charge in [-0.2, -0.15) is 0 Å². The molecule has 0 heterocycles. The fourth-order valence-electron chi connectivity index (χ4n) is 2.49. The first-order chi connectivity index (χ1) is 12.9. The predicted molar refractivity (Wildman–Crippen MR) is 104 cm³/mol. The SMILES string of the molecule is O=S(=O)(CCc1ccccc1)Nc1ccc(Nc2ccc(F)c(F)c2)cc1. The first-order valence-corrected chi connectivity index (χ1v) is 9.93. The van der Waals surface area contributed by atoms with Crippen LogP contribution >= 0.6 is 0 Å². The second-order valence-corrected chi connectivity index (χ2v) is 7.83. The standard InChI is InChI=1S/C20H18F2N2O2S/c21-19-11-10-18(14-20(19)22)23-16-6-8-17(9-7-16)24-27(25,26)13-12-15-4-2-1-3-5-15/h1-11,14,23-24H,12-13H2. The van der Waals surface area contributed by atoms with Crippen molar-refractivity contribution in [3.05, 3.63) is 90.0 Å². The molecule has 3 aromatic rings. The number of aryl methyl sites for hydroxylation is 1. The van der Waals surface area contributed by atoms with Crippen LogP contribution in [0.4, 0.5) is 25.8 Å². The molecule has 0 aromatic heterocycles. The Morgan fingerprint density at radius 1 is 0.741 bits per heavy atom. The Labute approximate surface area is 156 Å². The van der Waals surface area contributed by atoms with E-state index in [-0.39, 0.29) is 5.75 Å². The fraction of sp³-hybridized carbons (Fsp3) is 0.100. The summed E-state index contributed by atoms with van der Waals surface area (Å²) in [7, 11) is -3.48. The largest absolute Gasteiger partial charge is 0.355 e. The first kappa shape index (κ1) is 18.8. The molecule has 3 rings (SSSR count). The topological polar surface area (TPSA) is 58.2 Å². The quantitative estimate of drug-likeness (QED) is 0.617. The Morgan fingerprint density at radius 2 is 1.37 bits per heavy atom. The minimum absolute atomic E-state index is 0.0220. The third-order valence-corrected chi connectivity index (χ3v) is 5.16. The van der Waals surface area contributed by atoms with Crippen LogP contribution < -0.4 is 10.0 Å². The number of rotatable bonds is 7. The zero-order valence-electron chi connectivity index (χ0n) is 14.3. The van der Waals surface area contributed by atoms with Crippen molar-refractivity contribution in [1.29, 1.82) is 0 Å². The molecule has 0 aliphatic rings. The van der Waals surface area contributed by atoms with Crippen molar-refractivity contribution in [1.82, 2.24) is 0 Å². The molecule has 0 aliphatic heterocycles. The van der Waals surface area contributed by atoms with E-state index in [1.807, 2.05) is 30.3 Å². The lowest BCUT2D eigenvalue weighted by molar-refractivity contribution is 0.509. The zero-order valence-corrected chi connectivity index (χ0v) is 15.1. The minimum atomic E-state index is -3.48. The van der Waals surface area contributed by atoms with Crippen LogP contribution in [0.2, 0.25) is 0 Å². The van der Waals surface area contributed by atoms with Gasteiger partial charge in [-0.25, -0.2) is 17.2 Å². The van der Waals surface area contributed by atoms with Crippen LogP contribution in [-0.4, -0.2) is 14.2 Å². The van der Waals surface area contributed by atoms with E-state index >= 15 is 0 Å². The van der Waals surface area contributed by atoms with Crippen molar-refractivity contribution in [3.8, 4) is 0 Å². The highest BCUT2D eigenvalue weighted by Gasteiger charge is 2.11. The lowest BCUT2D eigenvalue weighted by Gasteiger charge is -2.10. The summed E-state index contributed by atoms with van der Waals surface area (Å²) < 4.78 is 53.1. The van der Waals surface area contributed by atoms with Gasteiger partial charge < -0.3 is 5.32 Å². The monoisotopic (exact) mass is 388 g/mol. The van der Waals surface area contributed by atoms with E-state index < -0.39 is 21.7 Å². The summed E-state index contributed by atoms with van der Waals surface area (Å²) >= 11 is 0. The Bertz CT molecular complexity index is 1010. The van der Waals surface area contributed by atoms with E-state index in [0.717, 1.165) is 17.7 Å². The summed E-state index contributed by atoms with van der Waals surface area (Å²) in [5.41, 5.74) is 2.39. The molecular formula is C20H18F2N2O2S. The first-order valence-electron chi connectivity index (χ1n) is 8.28. The van der Waals surface area contributed by atoms with Gasteiger partial charge in [-0.3, -0.25) is 4.72 Å². The van der Waals surface area contributed by atoms with Gasteiger partial charge in [0.2, 0.25) is 10.0 Å². The molecular weight excluding hydrogens is 370 g/mol. The molecule has 0 bridgehead atoms. The molecule has 27 heavy (non-hydrogen) atoms. The van der Waals surface area contributed by atoms with Gasteiger partial charge in [-0.05, 0) is 48.4 Å². The Hall–Kier alpha value is -2.93. The smallest absolute Gasteiger partial charge is 0.233 e. The molecule has 0 amide bonds. The van der Waals surface area contributed by atoms with Crippen LogP contribution in [0.15, 0.2) is 72.8 Å². The number of benzene rings is 3. The maximum absolute atomic E-state index is 13.2. The van der Waals surface area contributed by atoms with E-state index in [2.05, 4.69) is 10.0 Å². The van der Waals surface area contributed by atoms with Crippen LogP contribution in [-0.2, 0) is 16.4 Å². The Balaban J connectivity index is 1.60. The summed E-state index contributed by atoms with van der Waals surface area (Å²) in [4.78, 5) is 0. The summed E-state index contributed by atoms with van der Waals surface area (Å²) in [5, 5.41) is 2.92. The van der Waals surface area contributed by atoms with E-state index in [0.29, 0.717) is 23.5 Å². The highest BCUT2D eigenvalue weighted by Crippen LogP contribution is 2.21. The van der Waals surface area contributed by atoms with E-state index in [9.17, 15) is 17.2 Å². The normalized spacial score (nSPS) is 11.2. The van der Waals surface area contributed by atoms with Gasteiger partial charge in [0.15, 0.2) is 11.6 Å². The Morgan fingerprint density at radius 3 is 2.04 bits per heavy atom. The third-order valence-electron chi connectivity index (χ3n) is 3.87. The van der Waals surface area contributed by atoms with Gasteiger partial charge in [0.1, 0.15) is 0 Å². The second kappa shape index (κ2) is 8.18. The lowest BCUT2D eigenvalue weighted by atomic mass is 10.2. The van der Waals surface area contributed by atoms with Crippen molar-refractivity contribution >= 4 is 27.1 Å². The number of nitrogens with one attached hydrogen (secondary N) is 2. The third kappa shape index (κ3) is 5.52. The van der Waals surface area contributed by atoms with E-state index in [4.69, 9.17) is 0 Å². The lowest BCUT2D eigenvalue weighted by Crippen LogP contribution is -2.18. The van der Waals surface area contributed by atoms with E-state index in [1.165, 1.54) is 6.07 Å². The molecule has 7 heteroatoms. The number of anilines is 3. The number of halogens is 2. The van der Waals surface area contributed by atoms with Gasteiger partial charge in [0, 0.05) is 23.1 Å². The molecule has 0 spiro atoms. The van der Waals surface area contributed by atoms with Crippen LogP contribution in [0.3, 0.4) is 0 Å². The molecule has 0 aliphatic carbocycles. The predicted octanol–water partition coefficient (Wildman–Crippen LogP) is 4.69. The van der Waals surface area contributed by atoms with Gasteiger partial charge in [0.25, 0.3) is 0 Å². The number of hydrogen-bond donors (Lipinski definition) is 2. The maximum Gasteiger partial charge on any atom is 0.233 e. The molecule has 0 unspecified atom stereocenters. The van der Waals surface area contributed by atoms with Crippen molar-refractivity contribution in [2.24, 2.45) is 0 Å². The van der Waals surface area contributed by atoms with Crippen molar-refractivity contribution in [2.75, 3.05) is 15.8 Å². The van der Waals surface area contributed by atoms with Gasteiger partial charge in [-0.1, -0.05) is 30.3 Å². The maximum atomic E-state index is 13.2. The highest BCUT2D eigenvalue weighted by atomic mass is 32.2. The number of hydrogen-bond acceptors (Lipinski definition) is 3. The molecule has 0 atom stereocenters. The molecule has 0 saturated carbocycles. The van der Waals surface area contributed by atoms with Crippen molar-refractivity contribution in [3.63, 3.8) is 0 Å². The van der Waals surface area contributed by atoms with Crippen LogP contribution in [0, 0.1) is 11.6 Å². The molecule has 0 radical (unpaired) electrons. The number of sulfonamides is 1. The summed E-state index contributed by atoms with van der Waals surface area (Å²) in [6.45, 7) is 0. The fourth-order valence-corrected chi connectivity index (χ4v) is 3.59. The summed E-state index contributed by atoms with van der Waals surface area (Å²) in [6, 6.07) is 19.4.